The first-order valence-corrected chi connectivity index (χ1v) is 11.9. The van der Waals surface area contributed by atoms with Crippen LogP contribution in [0.15, 0.2) is 46.0 Å². The molecule has 0 saturated carbocycles. The van der Waals surface area contributed by atoms with Gasteiger partial charge in [-0.25, -0.2) is 4.39 Å². The summed E-state index contributed by atoms with van der Waals surface area (Å²) in [6, 6.07) is 8.34. The minimum absolute atomic E-state index is 0.00148. The third-order valence-electron chi connectivity index (χ3n) is 6.12. The number of carbonyl (C=O) groups is 2. The lowest BCUT2D eigenvalue weighted by molar-refractivity contribution is -0.128. The number of nitrogens with zero attached hydrogens (tertiary/aromatic N) is 5. The van der Waals surface area contributed by atoms with Crippen LogP contribution in [0.4, 0.5) is 4.39 Å². The van der Waals surface area contributed by atoms with E-state index >= 15 is 0 Å². The number of para-hydroxylation sites is 1. The van der Waals surface area contributed by atoms with Crippen LogP contribution in [0, 0.1) is 25.1 Å². The molecular formula is C24H23FN6O2S. The summed E-state index contributed by atoms with van der Waals surface area (Å²) in [4.78, 5) is 31.2. The fraction of sp³-hybridized carbons (Fsp3) is 0.292. The monoisotopic (exact) mass is 478 g/mol. The molecule has 1 N–H and O–H groups in total. The van der Waals surface area contributed by atoms with Crippen LogP contribution in [0.2, 0.25) is 0 Å². The molecular weight excluding hydrogens is 455 g/mol. The van der Waals surface area contributed by atoms with Crippen molar-refractivity contribution in [2.45, 2.75) is 33.1 Å². The molecule has 0 aliphatic carbocycles. The van der Waals surface area contributed by atoms with Crippen LogP contribution in [-0.4, -0.2) is 55.4 Å². The van der Waals surface area contributed by atoms with Crippen molar-refractivity contribution in [3.8, 4) is 5.69 Å². The lowest BCUT2D eigenvalue weighted by Crippen LogP contribution is -2.35. The molecule has 0 bridgehead atoms. The van der Waals surface area contributed by atoms with Crippen molar-refractivity contribution in [1.29, 1.82) is 5.41 Å². The quantitative estimate of drug-likeness (QED) is 0.675. The smallest absolute Gasteiger partial charge is 0.283 e. The maximum atomic E-state index is 14.4. The predicted molar refractivity (Wildman–Crippen MR) is 131 cm³/mol. The van der Waals surface area contributed by atoms with Gasteiger partial charge in [0.05, 0.1) is 17.7 Å². The summed E-state index contributed by atoms with van der Waals surface area (Å²) in [5.74, 6) is -0.986. The van der Waals surface area contributed by atoms with Crippen LogP contribution in [0.1, 0.15) is 36.2 Å². The Morgan fingerprint density at radius 2 is 1.97 bits per heavy atom. The van der Waals surface area contributed by atoms with Crippen molar-refractivity contribution in [2.75, 3.05) is 13.1 Å². The number of aliphatic imine (C=N–C) groups is 1. The maximum absolute atomic E-state index is 14.4. The summed E-state index contributed by atoms with van der Waals surface area (Å²) in [5.41, 5.74) is 2.73. The van der Waals surface area contributed by atoms with Gasteiger partial charge >= 0.3 is 0 Å². The molecule has 1 aromatic carbocycles. The zero-order valence-corrected chi connectivity index (χ0v) is 19.7. The minimum atomic E-state index is -0.540. The van der Waals surface area contributed by atoms with Crippen LogP contribution < -0.4 is 0 Å². The molecule has 1 aromatic heterocycles. The van der Waals surface area contributed by atoms with E-state index in [0.717, 1.165) is 49.1 Å². The second-order valence-electron chi connectivity index (χ2n) is 8.39. The molecule has 3 aliphatic heterocycles. The number of hydrogen-bond donors (Lipinski definition) is 1. The number of aryl methyl sites for hydroxylation is 1. The highest BCUT2D eigenvalue weighted by molar-refractivity contribution is 8.27. The Labute approximate surface area is 200 Å². The Morgan fingerprint density at radius 3 is 2.71 bits per heavy atom. The van der Waals surface area contributed by atoms with E-state index in [9.17, 15) is 14.0 Å². The standard InChI is InChI=1S/C24H23FN6O2S/c1-14-11-16(15(2)30(14)19-8-4-3-7-18(19)25)12-17-22(26)31-24(27-23(17)33)34-20(28-31)13-21(32)29-9-5-6-10-29/h3-4,7-8,11-12,26H,5-6,9-10,13H2,1-2H3/b17-12+,26-22?. The summed E-state index contributed by atoms with van der Waals surface area (Å²) in [5, 5.41) is 15.1. The maximum Gasteiger partial charge on any atom is 0.283 e. The average Bonchev–Trinajstić information content (AvgIpc) is 3.52. The predicted octanol–water partition coefficient (Wildman–Crippen LogP) is 3.86. The molecule has 2 amide bonds. The Morgan fingerprint density at radius 1 is 1.24 bits per heavy atom. The van der Waals surface area contributed by atoms with Gasteiger partial charge in [0.25, 0.3) is 5.91 Å². The van der Waals surface area contributed by atoms with E-state index in [2.05, 4.69) is 10.1 Å². The van der Waals surface area contributed by atoms with Crippen molar-refractivity contribution in [1.82, 2.24) is 14.5 Å². The van der Waals surface area contributed by atoms with E-state index in [1.165, 1.54) is 11.1 Å². The summed E-state index contributed by atoms with van der Waals surface area (Å²) in [6.07, 6.45) is 3.74. The van der Waals surface area contributed by atoms with E-state index in [1.807, 2.05) is 24.8 Å². The number of amides is 2. The number of thioether (sulfide) groups is 1. The highest BCUT2D eigenvalue weighted by Gasteiger charge is 2.36. The van der Waals surface area contributed by atoms with Crippen LogP contribution >= 0.6 is 11.8 Å². The first-order chi connectivity index (χ1) is 16.3. The van der Waals surface area contributed by atoms with Gasteiger partial charge in [-0.1, -0.05) is 12.1 Å². The lowest BCUT2D eigenvalue weighted by atomic mass is 10.1. The van der Waals surface area contributed by atoms with E-state index in [-0.39, 0.29) is 34.7 Å². The molecule has 1 saturated heterocycles. The molecule has 5 rings (SSSR count). The molecule has 0 unspecified atom stereocenters. The van der Waals surface area contributed by atoms with Gasteiger partial charge in [-0.3, -0.25) is 15.0 Å². The summed E-state index contributed by atoms with van der Waals surface area (Å²) in [7, 11) is 0. The molecule has 34 heavy (non-hydrogen) atoms. The number of amidine groups is 2. The Balaban J connectivity index is 1.43. The second-order valence-corrected chi connectivity index (χ2v) is 9.43. The number of carbonyl (C=O) groups excluding carboxylic acids is 2. The van der Waals surface area contributed by atoms with Crippen molar-refractivity contribution in [2.24, 2.45) is 10.1 Å². The van der Waals surface area contributed by atoms with E-state index in [1.54, 1.807) is 28.8 Å². The molecule has 0 atom stereocenters. The summed E-state index contributed by atoms with van der Waals surface area (Å²) < 4.78 is 16.2. The number of benzene rings is 1. The largest absolute Gasteiger partial charge is 0.342 e. The Hall–Kier alpha value is -3.53. The molecule has 2 aromatic rings. The zero-order valence-electron chi connectivity index (χ0n) is 18.8. The SMILES string of the molecule is Cc1cc(/C=C2\C(=N)N3N=C(CC(=O)N4CCCC4)SC3=NC2=O)c(C)n1-c1ccccc1F. The summed E-state index contributed by atoms with van der Waals surface area (Å²) >= 11 is 1.15. The van der Waals surface area contributed by atoms with E-state index in [4.69, 9.17) is 5.41 Å². The molecule has 1 fully saturated rings. The van der Waals surface area contributed by atoms with Gasteiger partial charge in [0.15, 0.2) is 5.84 Å². The van der Waals surface area contributed by atoms with Crippen LogP contribution in [0.5, 0.6) is 0 Å². The number of halogens is 1. The van der Waals surface area contributed by atoms with Gasteiger partial charge in [0, 0.05) is 24.5 Å². The number of rotatable bonds is 4. The van der Waals surface area contributed by atoms with Gasteiger partial charge in [0.1, 0.15) is 10.9 Å². The number of hydrogen-bond acceptors (Lipinski definition) is 5. The first kappa shape index (κ1) is 22.3. The van der Waals surface area contributed by atoms with Gasteiger partial charge in [-0.15, -0.1) is 0 Å². The fourth-order valence-corrected chi connectivity index (χ4v) is 5.28. The fourth-order valence-electron chi connectivity index (χ4n) is 4.40. The summed E-state index contributed by atoms with van der Waals surface area (Å²) in [6.45, 7) is 5.21. The van der Waals surface area contributed by atoms with Crippen molar-refractivity contribution in [3.05, 3.63) is 58.7 Å². The van der Waals surface area contributed by atoms with E-state index in [0.29, 0.717) is 16.3 Å². The average molecular weight is 479 g/mol. The van der Waals surface area contributed by atoms with Crippen molar-refractivity contribution < 1.29 is 14.0 Å². The second kappa shape index (κ2) is 8.68. The number of aromatic nitrogens is 1. The highest BCUT2D eigenvalue weighted by atomic mass is 32.2. The van der Waals surface area contributed by atoms with Gasteiger partial charge in [-0.05, 0) is 68.3 Å². The molecule has 174 valence electrons. The third-order valence-corrected chi connectivity index (χ3v) is 7.03. The normalized spacial score (nSPS) is 19.1. The zero-order chi connectivity index (χ0) is 24.0. The molecule has 0 spiro atoms. The van der Waals surface area contributed by atoms with Gasteiger partial charge in [0.2, 0.25) is 11.1 Å². The van der Waals surface area contributed by atoms with Crippen molar-refractivity contribution in [3.63, 3.8) is 0 Å². The molecule has 10 heteroatoms. The third kappa shape index (κ3) is 3.87. The Bertz CT molecular complexity index is 1320. The van der Waals surface area contributed by atoms with Crippen molar-refractivity contribution >= 4 is 45.7 Å². The molecule has 8 nitrogen and oxygen atoms in total. The first-order valence-electron chi connectivity index (χ1n) is 11.0. The van der Waals surface area contributed by atoms with Crippen LogP contribution in [0.3, 0.4) is 0 Å². The number of likely N-dealkylation sites (tertiary alicyclic amines) is 1. The highest BCUT2D eigenvalue weighted by Crippen LogP contribution is 2.31. The van der Waals surface area contributed by atoms with Gasteiger partial charge < -0.3 is 9.47 Å². The van der Waals surface area contributed by atoms with Gasteiger partial charge in [-0.2, -0.15) is 15.1 Å². The van der Waals surface area contributed by atoms with Crippen LogP contribution in [-0.2, 0) is 9.59 Å². The van der Waals surface area contributed by atoms with E-state index < -0.39 is 5.91 Å². The minimum Gasteiger partial charge on any atom is -0.342 e. The number of hydrazone groups is 1. The number of nitrogens with one attached hydrogen (secondary N) is 1. The van der Waals surface area contributed by atoms with Crippen LogP contribution in [0.25, 0.3) is 11.8 Å². The molecule has 3 aliphatic rings. The topological polar surface area (TPSA) is 94.1 Å². The molecule has 4 heterocycles. The lowest BCUT2D eigenvalue weighted by Gasteiger charge is -2.20. The Kier molecular flexibility index (Phi) is 5.68. The molecule has 0 radical (unpaired) electrons. The number of fused-ring (bicyclic) bond motifs is 1.